The highest BCUT2D eigenvalue weighted by atomic mass is 35.5. The van der Waals surface area contributed by atoms with Gasteiger partial charge in [0.15, 0.2) is 0 Å². The van der Waals surface area contributed by atoms with Gasteiger partial charge in [0.1, 0.15) is 22.6 Å². The van der Waals surface area contributed by atoms with Crippen molar-refractivity contribution in [2.24, 2.45) is 0 Å². The smallest absolute Gasteiger partial charge is 0.140 e. The number of pyridine rings is 1. The Kier molecular flexibility index (Phi) is 4.43. The van der Waals surface area contributed by atoms with Gasteiger partial charge in [-0.2, -0.15) is 0 Å². The van der Waals surface area contributed by atoms with E-state index >= 15 is 0 Å². The summed E-state index contributed by atoms with van der Waals surface area (Å²) < 4.78 is 2.00. The molecule has 8 heteroatoms. The molecule has 6 nitrogen and oxygen atoms in total. The summed E-state index contributed by atoms with van der Waals surface area (Å²) in [6.07, 6.45) is 6.76. The zero-order chi connectivity index (χ0) is 18.2. The van der Waals surface area contributed by atoms with Gasteiger partial charge in [0, 0.05) is 45.1 Å². The number of aromatic nitrogens is 4. The Hall–Kier alpha value is -2.22. The molecule has 1 aliphatic heterocycles. The minimum absolute atomic E-state index is 0.724. The first-order chi connectivity index (χ1) is 13.3. The maximum atomic E-state index is 6.07. The summed E-state index contributed by atoms with van der Waals surface area (Å²) in [5, 5.41) is 3.97. The lowest BCUT2D eigenvalue weighted by Gasteiger charge is -2.22. The molecule has 0 radical (unpaired) electrons. The van der Waals surface area contributed by atoms with E-state index in [9.17, 15) is 0 Å². The third-order valence-corrected chi connectivity index (χ3v) is 6.02. The van der Waals surface area contributed by atoms with Crippen molar-refractivity contribution in [1.82, 2.24) is 24.3 Å². The molecular weight excluding hydrogens is 380 g/mol. The van der Waals surface area contributed by atoms with Crippen molar-refractivity contribution in [2.45, 2.75) is 13.0 Å². The first kappa shape index (κ1) is 16.9. The minimum Gasteiger partial charge on any atom is -0.355 e. The molecule has 4 aromatic heterocycles. The molecule has 0 bridgehead atoms. The van der Waals surface area contributed by atoms with Crippen molar-refractivity contribution in [3.8, 4) is 0 Å². The Bertz CT molecular complexity index is 1090. The Labute approximate surface area is 166 Å². The third-order valence-electron chi connectivity index (χ3n) is 4.98. The van der Waals surface area contributed by atoms with Crippen LogP contribution < -0.4 is 4.90 Å². The molecule has 0 amide bonds. The first-order valence-corrected chi connectivity index (χ1v) is 10.3. The van der Waals surface area contributed by atoms with Crippen molar-refractivity contribution in [1.29, 1.82) is 0 Å². The van der Waals surface area contributed by atoms with Crippen LogP contribution in [0, 0.1) is 0 Å². The van der Waals surface area contributed by atoms with Crippen molar-refractivity contribution in [3.05, 3.63) is 53.0 Å². The molecule has 0 unspecified atom stereocenters. The SMILES string of the molecule is Clc1ccc2nc(CN3CCCN(c4ncnc5sccc45)CC3)cn2c1. The standard InChI is InChI=1S/C19H19ClN6S/c20-14-2-3-17-23-15(12-26(17)10-14)11-24-5-1-6-25(8-7-24)18-16-4-9-27-19(16)22-13-21-18/h2-4,9-10,12-13H,1,5-8,11H2. The Morgan fingerprint density at radius 1 is 1.04 bits per heavy atom. The van der Waals surface area contributed by atoms with Crippen LogP contribution in [0.2, 0.25) is 5.02 Å². The van der Waals surface area contributed by atoms with Gasteiger partial charge in [-0.3, -0.25) is 4.90 Å². The molecule has 0 N–H and O–H groups in total. The molecule has 1 saturated heterocycles. The summed E-state index contributed by atoms with van der Waals surface area (Å²) >= 11 is 7.74. The van der Waals surface area contributed by atoms with E-state index in [-0.39, 0.29) is 0 Å². The van der Waals surface area contributed by atoms with E-state index in [2.05, 4.69) is 37.4 Å². The quantitative estimate of drug-likeness (QED) is 0.526. The van der Waals surface area contributed by atoms with Gasteiger partial charge in [-0.15, -0.1) is 11.3 Å². The number of nitrogens with zero attached hydrogens (tertiary/aromatic N) is 6. The van der Waals surface area contributed by atoms with Crippen LogP contribution in [-0.2, 0) is 6.54 Å². The van der Waals surface area contributed by atoms with Gasteiger partial charge in [-0.1, -0.05) is 11.6 Å². The summed E-state index contributed by atoms with van der Waals surface area (Å²) in [5.41, 5.74) is 2.01. The van der Waals surface area contributed by atoms with Crippen LogP contribution in [0.15, 0.2) is 42.3 Å². The largest absolute Gasteiger partial charge is 0.355 e. The molecule has 0 spiro atoms. The Morgan fingerprint density at radius 2 is 2.00 bits per heavy atom. The fourth-order valence-corrected chi connectivity index (χ4v) is 4.59. The number of halogens is 1. The molecule has 0 atom stereocenters. The van der Waals surface area contributed by atoms with Crippen molar-refractivity contribution in [3.63, 3.8) is 0 Å². The molecular formula is C19H19ClN6S. The average molecular weight is 399 g/mol. The maximum Gasteiger partial charge on any atom is 0.140 e. The summed E-state index contributed by atoms with van der Waals surface area (Å²) in [5.74, 6) is 1.06. The van der Waals surface area contributed by atoms with Crippen LogP contribution in [0.1, 0.15) is 12.1 Å². The van der Waals surface area contributed by atoms with E-state index in [0.717, 1.165) is 71.5 Å². The van der Waals surface area contributed by atoms with Crippen LogP contribution in [0.5, 0.6) is 0 Å². The molecule has 0 saturated carbocycles. The van der Waals surface area contributed by atoms with Gasteiger partial charge >= 0.3 is 0 Å². The molecule has 0 aliphatic carbocycles. The topological polar surface area (TPSA) is 49.6 Å². The lowest BCUT2D eigenvalue weighted by atomic mass is 10.3. The van der Waals surface area contributed by atoms with Crippen LogP contribution in [-0.4, -0.2) is 50.4 Å². The molecule has 1 fully saturated rings. The lowest BCUT2D eigenvalue weighted by Crippen LogP contribution is -2.31. The number of imidazole rings is 1. The van der Waals surface area contributed by atoms with Crippen LogP contribution in [0.4, 0.5) is 5.82 Å². The fourth-order valence-electron chi connectivity index (χ4n) is 3.69. The van der Waals surface area contributed by atoms with Crippen LogP contribution in [0.3, 0.4) is 0 Å². The van der Waals surface area contributed by atoms with Crippen molar-refractivity contribution < 1.29 is 0 Å². The molecule has 5 heterocycles. The average Bonchev–Trinajstić information content (AvgIpc) is 3.23. The van der Waals surface area contributed by atoms with Crippen LogP contribution in [0.25, 0.3) is 15.9 Å². The number of fused-ring (bicyclic) bond motifs is 2. The number of hydrogen-bond donors (Lipinski definition) is 0. The second-order valence-electron chi connectivity index (χ2n) is 6.80. The summed E-state index contributed by atoms with van der Waals surface area (Å²) in [6, 6.07) is 5.96. The highest BCUT2D eigenvalue weighted by Gasteiger charge is 2.19. The monoisotopic (exact) mass is 398 g/mol. The van der Waals surface area contributed by atoms with E-state index in [1.807, 2.05) is 22.7 Å². The second kappa shape index (κ2) is 7.07. The second-order valence-corrected chi connectivity index (χ2v) is 8.13. The fraction of sp³-hybridized carbons (Fsp3) is 0.316. The van der Waals surface area contributed by atoms with E-state index < -0.39 is 0 Å². The van der Waals surface area contributed by atoms with Gasteiger partial charge < -0.3 is 9.30 Å². The highest BCUT2D eigenvalue weighted by Crippen LogP contribution is 2.27. The predicted octanol–water partition coefficient (Wildman–Crippen LogP) is 3.70. The summed E-state index contributed by atoms with van der Waals surface area (Å²) in [7, 11) is 0. The van der Waals surface area contributed by atoms with Gasteiger partial charge in [0.05, 0.1) is 16.1 Å². The number of thiophene rings is 1. The zero-order valence-corrected chi connectivity index (χ0v) is 16.3. The molecule has 1 aliphatic rings. The molecule has 138 valence electrons. The van der Waals surface area contributed by atoms with E-state index in [0.29, 0.717) is 0 Å². The van der Waals surface area contributed by atoms with Gasteiger partial charge in [-0.05, 0) is 30.0 Å². The molecule has 5 rings (SSSR count). The van der Waals surface area contributed by atoms with E-state index in [1.54, 1.807) is 17.7 Å². The number of anilines is 1. The number of hydrogen-bond acceptors (Lipinski definition) is 6. The molecule has 27 heavy (non-hydrogen) atoms. The van der Waals surface area contributed by atoms with Gasteiger partial charge in [0.2, 0.25) is 0 Å². The maximum absolute atomic E-state index is 6.07. The minimum atomic E-state index is 0.724. The van der Waals surface area contributed by atoms with Crippen LogP contribution >= 0.6 is 22.9 Å². The van der Waals surface area contributed by atoms with Gasteiger partial charge in [-0.25, -0.2) is 15.0 Å². The first-order valence-electron chi connectivity index (χ1n) is 9.05. The summed E-state index contributed by atoms with van der Waals surface area (Å²) in [4.78, 5) is 19.6. The van der Waals surface area contributed by atoms with Crippen molar-refractivity contribution in [2.75, 3.05) is 31.1 Å². The Balaban J connectivity index is 1.31. The predicted molar refractivity (Wildman–Crippen MR) is 110 cm³/mol. The third kappa shape index (κ3) is 3.38. The normalized spacial score (nSPS) is 16.3. The lowest BCUT2D eigenvalue weighted by molar-refractivity contribution is 0.282. The molecule has 4 aromatic rings. The van der Waals surface area contributed by atoms with Crippen molar-refractivity contribution >= 4 is 44.6 Å². The summed E-state index contributed by atoms with van der Waals surface area (Å²) in [6.45, 7) is 4.87. The zero-order valence-electron chi connectivity index (χ0n) is 14.8. The Morgan fingerprint density at radius 3 is 2.96 bits per heavy atom. The van der Waals surface area contributed by atoms with E-state index in [1.165, 1.54) is 0 Å². The van der Waals surface area contributed by atoms with Gasteiger partial charge in [0.25, 0.3) is 0 Å². The number of rotatable bonds is 3. The highest BCUT2D eigenvalue weighted by molar-refractivity contribution is 7.16. The van der Waals surface area contributed by atoms with E-state index in [4.69, 9.17) is 16.6 Å². The molecule has 0 aromatic carbocycles.